The molecule has 3 N–H and O–H groups in total. The number of nitrogens with zero attached hydrogens (tertiary/aromatic N) is 4. The number of anilines is 1. The van der Waals surface area contributed by atoms with Crippen LogP contribution in [0.25, 0.3) is 0 Å². The average molecular weight is 580 g/mol. The molecule has 37 heavy (non-hydrogen) atoms. The standard InChI is InChI=1S/C22H26Cl2F3N7O2S/c1-12(32-18(35)9-14(23)19(28-2)29-6-5-7-34(3)4)21-31-11-16(37-21)20(36)33-17-8-13(22(25,26)27)15(24)10-30-17/h8-12H,5-7H2,1-4H3,(H,28,29)(H,32,35)(H,30,33,36)/b14-9-. The first kappa shape index (κ1) is 30.5. The number of amidine groups is 1. The van der Waals surface area contributed by atoms with Gasteiger partial charge in [0.05, 0.1) is 27.9 Å². The zero-order chi connectivity index (χ0) is 27.8. The van der Waals surface area contributed by atoms with Crippen molar-refractivity contribution in [3.8, 4) is 0 Å². The van der Waals surface area contributed by atoms with Gasteiger partial charge in [-0.2, -0.15) is 13.2 Å². The number of halogens is 5. The Morgan fingerprint density at radius 1 is 1.27 bits per heavy atom. The molecule has 0 saturated heterocycles. The van der Waals surface area contributed by atoms with Gasteiger partial charge in [-0.3, -0.25) is 14.6 Å². The lowest BCUT2D eigenvalue weighted by atomic mass is 10.2. The molecule has 0 aliphatic carbocycles. The SMILES string of the molecule is CN=C(NCCCN(C)C)/C(Cl)=C/C(=O)NC(C)c1ncc(C(=O)Nc2cc(C(F)(F)F)c(Cl)cn2)s1. The molecule has 2 rings (SSSR count). The van der Waals surface area contributed by atoms with Crippen LogP contribution in [0.5, 0.6) is 0 Å². The van der Waals surface area contributed by atoms with Crippen molar-refractivity contribution in [3.05, 3.63) is 50.0 Å². The lowest BCUT2D eigenvalue weighted by Gasteiger charge is -2.12. The first-order valence-electron chi connectivity index (χ1n) is 10.8. The van der Waals surface area contributed by atoms with Gasteiger partial charge in [0, 0.05) is 25.9 Å². The van der Waals surface area contributed by atoms with Crippen molar-refractivity contribution in [2.45, 2.75) is 25.6 Å². The maximum absolute atomic E-state index is 13.0. The van der Waals surface area contributed by atoms with Gasteiger partial charge in [-0.05, 0) is 40.1 Å². The quantitative estimate of drug-likeness (QED) is 0.167. The number of nitrogens with one attached hydrogen (secondary N) is 3. The molecule has 0 bridgehead atoms. The number of hydrogen-bond donors (Lipinski definition) is 3. The lowest BCUT2D eigenvalue weighted by molar-refractivity contribution is -0.137. The van der Waals surface area contributed by atoms with Gasteiger partial charge in [0.15, 0.2) is 0 Å². The summed E-state index contributed by atoms with van der Waals surface area (Å²) in [7, 11) is 5.49. The van der Waals surface area contributed by atoms with E-state index in [0.717, 1.165) is 30.5 Å². The average Bonchev–Trinajstić information content (AvgIpc) is 3.30. The Morgan fingerprint density at radius 3 is 2.59 bits per heavy atom. The predicted molar refractivity (Wildman–Crippen MR) is 139 cm³/mol. The van der Waals surface area contributed by atoms with Crippen molar-refractivity contribution in [1.82, 2.24) is 25.5 Å². The molecule has 1 unspecified atom stereocenters. The second-order valence-electron chi connectivity index (χ2n) is 7.94. The van der Waals surface area contributed by atoms with Crippen LogP contribution in [0.3, 0.4) is 0 Å². The van der Waals surface area contributed by atoms with Crippen LogP contribution in [0.15, 0.2) is 34.6 Å². The molecule has 0 fully saturated rings. The third-order valence-electron chi connectivity index (χ3n) is 4.66. The molecule has 9 nitrogen and oxygen atoms in total. The first-order chi connectivity index (χ1) is 17.3. The number of alkyl halides is 3. The molecule has 2 heterocycles. The number of aliphatic imine (C=N–C) groups is 1. The third kappa shape index (κ3) is 9.58. The maximum atomic E-state index is 13.0. The summed E-state index contributed by atoms with van der Waals surface area (Å²) in [5, 5.41) is 8.01. The summed E-state index contributed by atoms with van der Waals surface area (Å²) < 4.78 is 39.1. The van der Waals surface area contributed by atoms with E-state index in [1.165, 1.54) is 12.3 Å². The Labute approximate surface area is 226 Å². The van der Waals surface area contributed by atoms with Crippen LogP contribution < -0.4 is 16.0 Å². The van der Waals surface area contributed by atoms with Crippen molar-refractivity contribution < 1.29 is 22.8 Å². The highest BCUT2D eigenvalue weighted by Gasteiger charge is 2.34. The van der Waals surface area contributed by atoms with E-state index in [1.807, 2.05) is 19.0 Å². The van der Waals surface area contributed by atoms with Crippen LogP contribution in [0, 0.1) is 0 Å². The van der Waals surface area contributed by atoms with E-state index < -0.39 is 34.6 Å². The molecule has 2 aromatic heterocycles. The van der Waals surface area contributed by atoms with Gasteiger partial charge >= 0.3 is 6.18 Å². The molecular formula is C22H26Cl2F3N7O2S. The molecule has 202 valence electrons. The monoisotopic (exact) mass is 579 g/mol. The normalized spacial score (nSPS) is 13.5. The van der Waals surface area contributed by atoms with E-state index >= 15 is 0 Å². The van der Waals surface area contributed by atoms with E-state index in [9.17, 15) is 22.8 Å². The number of amides is 2. The van der Waals surface area contributed by atoms with Crippen molar-refractivity contribution in [2.75, 3.05) is 39.5 Å². The fourth-order valence-corrected chi connectivity index (χ4v) is 4.14. The van der Waals surface area contributed by atoms with Crippen LogP contribution >= 0.6 is 34.5 Å². The summed E-state index contributed by atoms with van der Waals surface area (Å²) in [6, 6.07) is 0.0619. The highest BCUT2D eigenvalue weighted by Crippen LogP contribution is 2.35. The zero-order valence-corrected chi connectivity index (χ0v) is 22.7. The molecule has 0 aliphatic rings. The summed E-state index contributed by atoms with van der Waals surface area (Å²) in [4.78, 5) is 39.0. The molecular weight excluding hydrogens is 554 g/mol. The van der Waals surface area contributed by atoms with Gasteiger partial charge < -0.3 is 20.9 Å². The topological polar surface area (TPSA) is 112 Å². The fourth-order valence-electron chi connectivity index (χ4n) is 2.87. The molecule has 0 saturated carbocycles. The molecule has 0 spiro atoms. The van der Waals surface area contributed by atoms with Crippen LogP contribution in [-0.2, 0) is 11.0 Å². The highest BCUT2D eigenvalue weighted by molar-refractivity contribution is 7.13. The number of pyridine rings is 1. The summed E-state index contributed by atoms with van der Waals surface area (Å²) in [5.41, 5.74) is -1.12. The molecule has 1 atom stereocenters. The van der Waals surface area contributed by atoms with E-state index in [4.69, 9.17) is 23.2 Å². The molecule has 2 amide bonds. The Balaban J connectivity index is 1.98. The fraction of sp³-hybridized carbons (Fsp3) is 0.409. The summed E-state index contributed by atoms with van der Waals surface area (Å²) in [6.45, 7) is 3.16. The van der Waals surface area contributed by atoms with Crippen LogP contribution in [-0.4, -0.2) is 66.8 Å². The minimum absolute atomic E-state index is 0.109. The zero-order valence-electron chi connectivity index (χ0n) is 20.4. The summed E-state index contributed by atoms with van der Waals surface area (Å²) >= 11 is 12.7. The van der Waals surface area contributed by atoms with E-state index in [0.29, 0.717) is 23.5 Å². The number of carbonyl (C=O) groups is 2. The molecule has 0 aromatic carbocycles. The molecule has 0 aliphatic heterocycles. The number of thiazole rings is 1. The third-order valence-corrected chi connectivity index (χ3v) is 6.43. The van der Waals surface area contributed by atoms with Crippen molar-refractivity contribution in [1.29, 1.82) is 0 Å². The van der Waals surface area contributed by atoms with Crippen molar-refractivity contribution in [3.63, 3.8) is 0 Å². The van der Waals surface area contributed by atoms with Crippen LogP contribution in [0.1, 0.15) is 39.6 Å². The molecule has 0 radical (unpaired) electrons. The van der Waals surface area contributed by atoms with Crippen LogP contribution in [0.2, 0.25) is 5.02 Å². The van der Waals surface area contributed by atoms with E-state index in [2.05, 4.69) is 30.9 Å². The largest absolute Gasteiger partial charge is 0.418 e. The predicted octanol–water partition coefficient (Wildman–Crippen LogP) is 4.33. The van der Waals surface area contributed by atoms with E-state index in [-0.39, 0.29) is 15.7 Å². The first-order valence-corrected chi connectivity index (χ1v) is 12.4. The van der Waals surface area contributed by atoms with Gasteiger partial charge in [0.2, 0.25) is 5.91 Å². The van der Waals surface area contributed by atoms with Gasteiger partial charge in [0.25, 0.3) is 5.91 Å². The van der Waals surface area contributed by atoms with Gasteiger partial charge in [-0.15, -0.1) is 11.3 Å². The van der Waals surface area contributed by atoms with Crippen molar-refractivity contribution in [2.24, 2.45) is 4.99 Å². The number of aromatic nitrogens is 2. The second-order valence-corrected chi connectivity index (χ2v) is 9.82. The number of rotatable bonds is 10. The van der Waals surface area contributed by atoms with Gasteiger partial charge in [-0.1, -0.05) is 23.2 Å². The van der Waals surface area contributed by atoms with Crippen molar-refractivity contribution >= 4 is 58.0 Å². The summed E-state index contributed by atoms with van der Waals surface area (Å²) in [5.74, 6) is -1.15. The second kappa shape index (κ2) is 13.7. The number of hydrogen-bond acceptors (Lipinski definition) is 7. The Kier molecular flexibility index (Phi) is 11.3. The maximum Gasteiger partial charge on any atom is 0.418 e. The minimum Gasteiger partial charge on any atom is -0.369 e. The van der Waals surface area contributed by atoms with Gasteiger partial charge in [0.1, 0.15) is 21.5 Å². The number of carbonyl (C=O) groups excluding carboxylic acids is 2. The Bertz CT molecular complexity index is 1170. The van der Waals surface area contributed by atoms with Crippen LogP contribution in [0.4, 0.5) is 19.0 Å². The van der Waals surface area contributed by atoms with E-state index in [1.54, 1.807) is 14.0 Å². The summed E-state index contributed by atoms with van der Waals surface area (Å²) in [6.07, 6.45) is -0.598. The molecule has 2 aromatic rings. The lowest BCUT2D eigenvalue weighted by Crippen LogP contribution is -2.29. The Morgan fingerprint density at radius 2 is 1.97 bits per heavy atom. The van der Waals surface area contributed by atoms with Gasteiger partial charge in [-0.25, -0.2) is 9.97 Å². The minimum atomic E-state index is -4.70. The Hall–Kier alpha value is -2.74. The highest BCUT2D eigenvalue weighted by atomic mass is 35.5. The smallest absolute Gasteiger partial charge is 0.369 e. The molecule has 15 heteroatoms.